The van der Waals surface area contributed by atoms with Crippen LogP contribution in [0.1, 0.15) is 104 Å². The standard InChI is InChI=1S/C24H46NO10P/c1-3-5-7-9-10-11-12-14-16-23(27)35-20(17-32-22(26)15-13-8-6-4-2)18-33-36(30,31)34-19-21(25)24(28)29/h20-21H,3-19,25H2,1-2H3,(H,28,29)(H,30,31). The Kier molecular flexibility index (Phi) is 20.6. The predicted octanol–water partition coefficient (Wildman–Crippen LogP) is 4.49. The first-order chi connectivity index (χ1) is 17.1. The van der Waals surface area contributed by atoms with Crippen LogP contribution >= 0.6 is 7.82 Å². The SMILES string of the molecule is CCCCCCCCCCC(=O)OC(COC(=O)CCCCCC)COP(=O)(O)OCC(N)C(=O)O. The molecule has 0 aromatic rings. The van der Waals surface area contributed by atoms with E-state index in [0.717, 1.165) is 38.5 Å². The fraction of sp³-hybridized carbons (Fsp3) is 0.875. The molecule has 0 heterocycles. The lowest BCUT2D eigenvalue weighted by molar-refractivity contribution is -0.161. The number of carbonyl (C=O) groups excluding carboxylic acids is 2. The van der Waals surface area contributed by atoms with Gasteiger partial charge in [-0.1, -0.05) is 78.1 Å². The molecule has 0 saturated carbocycles. The summed E-state index contributed by atoms with van der Waals surface area (Å²) in [5.41, 5.74) is 5.24. The van der Waals surface area contributed by atoms with Gasteiger partial charge in [-0.3, -0.25) is 23.4 Å². The van der Waals surface area contributed by atoms with Gasteiger partial charge in [0.25, 0.3) is 0 Å². The number of carbonyl (C=O) groups is 3. The third-order valence-corrected chi connectivity index (χ3v) is 6.31. The van der Waals surface area contributed by atoms with E-state index in [4.69, 9.17) is 24.8 Å². The van der Waals surface area contributed by atoms with Gasteiger partial charge in [-0.15, -0.1) is 0 Å². The van der Waals surface area contributed by atoms with Gasteiger partial charge in [0.1, 0.15) is 12.6 Å². The van der Waals surface area contributed by atoms with Crippen molar-refractivity contribution in [2.24, 2.45) is 5.73 Å². The number of nitrogens with two attached hydrogens (primary N) is 1. The Labute approximate surface area is 215 Å². The molecule has 0 spiro atoms. The number of phosphoric acid groups is 1. The van der Waals surface area contributed by atoms with Crippen molar-refractivity contribution < 1.29 is 47.5 Å². The molecule has 0 aromatic heterocycles. The van der Waals surface area contributed by atoms with E-state index in [-0.39, 0.29) is 19.4 Å². The van der Waals surface area contributed by atoms with E-state index in [9.17, 15) is 23.8 Å². The van der Waals surface area contributed by atoms with E-state index < -0.39 is 51.1 Å². The van der Waals surface area contributed by atoms with Crippen LogP contribution in [0, 0.1) is 0 Å². The van der Waals surface area contributed by atoms with Crippen LogP contribution in [-0.2, 0) is 37.5 Å². The van der Waals surface area contributed by atoms with Crippen LogP contribution in [0.3, 0.4) is 0 Å². The largest absolute Gasteiger partial charge is 0.480 e. The number of hydrogen-bond acceptors (Lipinski definition) is 9. The van der Waals surface area contributed by atoms with Gasteiger partial charge in [0, 0.05) is 12.8 Å². The van der Waals surface area contributed by atoms with Crippen molar-refractivity contribution in [3.63, 3.8) is 0 Å². The summed E-state index contributed by atoms with van der Waals surface area (Å²) in [5.74, 6) is -2.41. The zero-order chi connectivity index (χ0) is 27.2. The minimum Gasteiger partial charge on any atom is -0.480 e. The minimum atomic E-state index is -4.67. The van der Waals surface area contributed by atoms with Crippen molar-refractivity contribution in [1.82, 2.24) is 0 Å². The van der Waals surface area contributed by atoms with Crippen LogP contribution in [0.5, 0.6) is 0 Å². The van der Waals surface area contributed by atoms with Gasteiger partial charge in [-0.25, -0.2) is 4.57 Å². The lowest BCUT2D eigenvalue weighted by Crippen LogP contribution is -2.34. The van der Waals surface area contributed by atoms with E-state index in [2.05, 4.69) is 18.4 Å². The molecule has 12 heteroatoms. The smallest absolute Gasteiger partial charge is 0.472 e. The number of carboxylic acids is 1. The molecule has 0 rings (SSSR count). The highest BCUT2D eigenvalue weighted by Gasteiger charge is 2.28. The number of phosphoric ester groups is 1. The normalized spacial score (nSPS) is 14.6. The number of rotatable bonds is 24. The molecule has 3 atom stereocenters. The molecule has 0 fully saturated rings. The summed E-state index contributed by atoms with van der Waals surface area (Å²) in [6.07, 6.45) is 11.4. The molecule has 36 heavy (non-hydrogen) atoms. The Bertz CT molecular complexity index is 661. The molecule has 3 unspecified atom stereocenters. The number of aliphatic carboxylic acids is 1. The molecule has 0 saturated heterocycles. The van der Waals surface area contributed by atoms with E-state index in [1.54, 1.807) is 0 Å². The minimum absolute atomic E-state index is 0.164. The Hall–Kier alpha value is -1.52. The first-order valence-corrected chi connectivity index (χ1v) is 14.6. The van der Waals surface area contributed by atoms with Crippen LogP contribution in [0.2, 0.25) is 0 Å². The maximum absolute atomic E-state index is 12.3. The molecule has 0 aliphatic carbocycles. The maximum Gasteiger partial charge on any atom is 0.472 e. The van der Waals surface area contributed by atoms with Crippen molar-refractivity contribution in [3.8, 4) is 0 Å². The zero-order valence-electron chi connectivity index (χ0n) is 21.9. The first kappa shape index (κ1) is 34.5. The lowest BCUT2D eigenvalue weighted by atomic mass is 10.1. The molecule has 4 N–H and O–H groups in total. The van der Waals surface area contributed by atoms with Crippen molar-refractivity contribution >= 4 is 25.7 Å². The molecule has 0 radical (unpaired) electrons. The summed E-state index contributed by atoms with van der Waals surface area (Å²) >= 11 is 0. The summed E-state index contributed by atoms with van der Waals surface area (Å²) in [4.78, 5) is 44.7. The van der Waals surface area contributed by atoms with Gasteiger partial charge in [-0.2, -0.15) is 0 Å². The number of esters is 2. The highest BCUT2D eigenvalue weighted by Crippen LogP contribution is 2.43. The second-order valence-electron chi connectivity index (χ2n) is 8.84. The predicted molar refractivity (Wildman–Crippen MR) is 134 cm³/mol. The Morgan fingerprint density at radius 2 is 1.22 bits per heavy atom. The van der Waals surface area contributed by atoms with Gasteiger partial charge in [0.2, 0.25) is 0 Å². The summed E-state index contributed by atoms with van der Waals surface area (Å²) in [7, 11) is -4.67. The van der Waals surface area contributed by atoms with Gasteiger partial charge >= 0.3 is 25.7 Å². The molecule has 0 aliphatic rings. The van der Waals surface area contributed by atoms with E-state index in [0.29, 0.717) is 12.8 Å². The van der Waals surface area contributed by atoms with Gasteiger partial charge in [-0.05, 0) is 12.8 Å². The topological polar surface area (TPSA) is 172 Å². The summed E-state index contributed by atoms with van der Waals surface area (Å²) in [6, 6.07) is -1.51. The third kappa shape index (κ3) is 20.7. The highest BCUT2D eigenvalue weighted by molar-refractivity contribution is 7.47. The third-order valence-electron chi connectivity index (χ3n) is 5.36. The fourth-order valence-corrected chi connectivity index (χ4v) is 3.96. The Morgan fingerprint density at radius 3 is 1.78 bits per heavy atom. The average molecular weight is 540 g/mol. The monoisotopic (exact) mass is 539 g/mol. The van der Waals surface area contributed by atoms with Crippen LogP contribution < -0.4 is 5.73 Å². The van der Waals surface area contributed by atoms with Crippen LogP contribution in [0.15, 0.2) is 0 Å². The van der Waals surface area contributed by atoms with Gasteiger partial charge < -0.3 is 25.2 Å². The summed E-state index contributed by atoms with van der Waals surface area (Å²) in [5, 5.41) is 8.74. The Morgan fingerprint density at radius 1 is 0.750 bits per heavy atom. The summed E-state index contributed by atoms with van der Waals surface area (Å²) in [6.45, 7) is 2.55. The van der Waals surface area contributed by atoms with E-state index in [1.807, 2.05) is 0 Å². The average Bonchev–Trinajstić information content (AvgIpc) is 2.83. The second kappa shape index (κ2) is 21.6. The molecule has 11 nitrogen and oxygen atoms in total. The zero-order valence-corrected chi connectivity index (χ0v) is 22.8. The van der Waals surface area contributed by atoms with Crippen molar-refractivity contribution in [2.45, 2.75) is 116 Å². The van der Waals surface area contributed by atoms with Crippen LogP contribution in [0.4, 0.5) is 0 Å². The second-order valence-corrected chi connectivity index (χ2v) is 10.3. The van der Waals surface area contributed by atoms with Crippen molar-refractivity contribution in [3.05, 3.63) is 0 Å². The molecular formula is C24H46NO10P. The van der Waals surface area contributed by atoms with Gasteiger partial charge in [0.05, 0.1) is 13.2 Å². The van der Waals surface area contributed by atoms with Crippen molar-refractivity contribution in [2.75, 3.05) is 19.8 Å². The fourth-order valence-electron chi connectivity index (χ4n) is 3.18. The number of unbranched alkanes of at least 4 members (excludes halogenated alkanes) is 10. The molecule has 0 bridgehead atoms. The maximum atomic E-state index is 12.3. The summed E-state index contributed by atoms with van der Waals surface area (Å²) < 4.78 is 31.9. The van der Waals surface area contributed by atoms with Gasteiger partial charge in [0.15, 0.2) is 6.10 Å². The molecule has 0 amide bonds. The molecule has 0 aliphatic heterocycles. The van der Waals surface area contributed by atoms with Crippen molar-refractivity contribution in [1.29, 1.82) is 0 Å². The molecule has 0 aromatic carbocycles. The molecular weight excluding hydrogens is 493 g/mol. The lowest BCUT2D eigenvalue weighted by Gasteiger charge is -2.20. The quantitative estimate of drug-likeness (QED) is 0.0896. The van der Waals surface area contributed by atoms with Crippen LogP contribution in [0.25, 0.3) is 0 Å². The first-order valence-electron chi connectivity index (χ1n) is 13.1. The number of carboxylic acid groups (broad SMARTS) is 1. The number of hydrogen-bond donors (Lipinski definition) is 3. The van der Waals surface area contributed by atoms with E-state index in [1.165, 1.54) is 25.7 Å². The van der Waals surface area contributed by atoms with E-state index >= 15 is 0 Å². The van der Waals surface area contributed by atoms with Crippen LogP contribution in [-0.4, -0.2) is 59.9 Å². The number of ether oxygens (including phenoxy) is 2. The Balaban J connectivity index is 4.61. The molecule has 212 valence electrons. The highest BCUT2D eigenvalue weighted by atomic mass is 31.2.